The van der Waals surface area contributed by atoms with Gasteiger partial charge in [-0.1, -0.05) is 44.2 Å². The molecule has 3 amide bonds. The van der Waals surface area contributed by atoms with Gasteiger partial charge in [0.05, 0.1) is 0 Å². The molecule has 18 heavy (non-hydrogen) atoms. The fourth-order valence-corrected chi connectivity index (χ4v) is 1.77. The molecule has 2 rings (SSSR count). The molecule has 1 aliphatic heterocycles. The molecule has 0 bridgehead atoms. The average molecular weight is 248 g/mol. The zero-order valence-corrected chi connectivity index (χ0v) is 10.4. The van der Waals surface area contributed by atoms with Crippen molar-refractivity contribution in [2.24, 2.45) is 5.92 Å². The zero-order chi connectivity index (χ0) is 13.1. The number of amides is 3. The van der Waals surface area contributed by atoms with Crippen molar-refractivity contribution in [1.29, 1.82) is 0 Å². The Balaban J connectivity index is 1.98. The number of urea groups is 1. The minimum absolute atomic E-state index is 0.0479. The van der Waals surface area contributed by atoms with Gasteiger partial charge in [0.15, 0.2) is 0 Å². The molecule has 0 aromatic heterocycles. The van der Waals surface area contributed by atoms with Crippen molar-refractivity contribution in [3.8, 4) is 0 Å². The number of nitrogens with one attached hydrogen (secondary N) is 1. The first-order chi connectivity index (χ1) is 8.59. The molecule has 1 fully saturated rings. The van der Waals surface area contributed by atoms with Crippen molar-refractivity contribution in [3.63, 3.8) is 0 Å². The van der Waals surface area contributed by atoms with Gasteiger partial charge in [-0.15, -0.1) is 5.06 Å². The summed E-state index contributed by atoms with van der Waals surface area (Å²) in [6.45, 7) is 3.96. The Kier molecular flexibility index (Phi) is 3.62. The van der Waals surface area contributed by atoms with Crippen LogP contribution in [-0.2, 0) is 16.2 Å². The number of carbonyl (C=O) groups excluding carboxylic acids is 2. The van der Waals surface area contributed by atoms with Gasteiger partial charge in [-0.2, -0.15) is 0 Å². The van der Waals surface area contributed by atoms with Gasteiger partial charge in [-0.3, -0.25) is 9.63 Å². The van der Waals surface area contributed by atoms with Crippen LogP contribution in [0.1, 0.15) is 19.4 Å². The molecule has 1 saturated heterocycles. The maximum atomic E-state index is 11.9. The van der Waals surface area contributed by atoms with Crippen molar-refractivity contribution in [2.75, 3.05) is 0 Å². The van der Waals surface area contributed by atoms with Crippen LogP contribution in [0.15, 0.2) is 30.3 Å². The molecule has 1 N–H and O–H groups in total. The summed E-state index contributed by atoms with van der Waals surface area (Å²) in [6.07, 6.45) is 0. The van der Waals surface area contributed by atoms with Gasteiger partial charge in [0.1, 0.15) is 12.6 Å². The number of rotatable bonds is 4. The molecule has 96 valence electrons. The monoisotopic (exact) mass is 248 g/mol. The highest BCUT2D eigenvalue weighted by molar-refractivity contribution is 6.03. The van der Waals surface area contributed by atoms with E-state index in [0.717, 1.165) is 10.6 Å². The third-order valence-corrected chi connectivity index (χ3v) is 2.80. The third kappa shape index (κ3) is 2.51. The van der Waals surface area contributed by atoms with Crippen LogP contribution in [0.3, 0.4) is 0 Å². The molecule has 1 aliphatic rings. The molecule has 5 nitrogen and oxygen atoms in total. The smallest absolute Gasteiger partial charge is 0.324 e. The summed E-state index contributed by atoms with van der Waals surface area (Å²) in [7, 11) is 0. The predicted molar refractivity (Wildman–Crippen MR) is 65.2 cm³/mol. The zero-order valence-electron chi connectivity index (χ0n) is 10.4. The second-order valence-electron chi connectivity index (χ2n) is 4.56. The Morgan fingerprint density at radius 2 is 1.94 bits per heavy atom. The van der Waals surface area contributed by atoms with Gasteiger partial charge in [-0.05, 0) is 11.5 Å². The number of hydroxylamine groups is 2. The Bertz CT molecular complexity index is 445. The average Bonchev–Trinajstić information content (AvgIpc) is 2.64. The lowest BCUT2D eigenvalue weighted by Gasteiger charge is -2.13. The number of nitrogens with zero attached hydrogens (tertiary/aromatic N) is 1. The standard InChI is InChI=1S/C13H16N2O3/c1-9(2)11-12(16)15(13(17)14-11)18-8-10-6-4-3-5-7-10/h3-7,9,11H,8H2,1-2H3,(H,14,17). The molecule has 0 aliphatic carbocycles. The normalized spacial score (nSPS) is 19.5. The maximum Gasteiger partial charge on any atom is 0.349 e. The first-order valence-electron chi connectivity index (χ1n) is 5.91. The summed E-state index contributed by atoms with van der Waals surface area (Å²) in [6, 6.07) is 8.41. The van der Waals surface area contributed by atoms with Crippen LogP contribution in [0.4, 0.5) is 4.79 Å². The van der Waals surface area contributed by atoms with Gasteiger partial charge in [-0.25, -0.2) is 4.79 Å². The topological polar surface area (TPSA) is 58.6 Å². The SMILES string of the molecule is CC(C)C1NC(=O)N(OCc2ccccc2)C1=O. The second-order valence-corrected chi connectivity index (χ2v) is 4.56. The van der Waals surface area contributed by atoms with E-state index >= 15 is 0 Å². The molecule has 1 atom stereocenters. The van der Waals surface area contributed by atoms with E-state index in [9.17, 15) is 9.59 Å². The fraction of sp³-hybridized carbons (Fsp3) is 0.385. The van der Waals surface area contributed by atoms with Crippen LogP contribution < -0.4 is 5.32 Å². The van der Waals surface area contributed by atoms with E-state index in [1.807, 2.05) is 44.2 Å². The maximum absolute atomic E-state index is 11.9. The molecule has 1 unspecified atom stereocenters. The summed E-state index contributed by atoms with van der Waals surface area (Å²) in [4.78, 5) is 28.8. The summed E-state index contributed by atoms with van der Waals surface area (Å²) in [5.41, 5.74) is 0.908. The van der Waals surface area contributed by atoms with Crippen LogP contribution >= 0.6 is 0 Å². The molecule has 1 aromatic carbocycles. The lowest BCUT2D eigenvalue weighted by Crippen LogP contribution is -2.34. The predicted octanol–water partition coefficient (Wildman–Crippen LogP) is 1.69. The lowest BCUT2D eigenvalue weighted by atomic mass is 10.1. The van der Waals surface area contributed by atoms with Crippen LogP contribution in [0, 0.1) is 5.92 Å². The van der Waals surface area contributed by atoms with E-state index in [-0.39, 0.29) is 18.4 Å². The van der Waals surface area contributed by atoms with E-state index in [1.165, 1.54) is 0 Å². The first-order valence-corrected chi connectivity index (χ1v) is 5.91. The van der Waals surface area contributed by atoms with Crippen LogP contribution in [0.2, 0.25) is 0 Å². The number of benzene rings is 1. The van der Waals surface area contributed by atoms with Gasteiger partial charge >= 0.3 is 6.03 Å². The van der Waals surface area contributed by atoms with E-state index in [2.05, 4.69) is 5.32 Å². The van der Waals surface area contributed by atoms with E-state index in [0.29, 0.717) is 0 Å². The molecular formula is C13H16N2O3. The van der Waals surface area contributed by atoms with Crippen molar-refractivity contribution in [1.82, 2.24) is 10.4 Å². The number of hydrogen-bond donors (Lipinski definition) is 1. The van der Waals surface area contributed by atoms with Crippen LogP contribution in [0.25, 0.3) is 0 Å². The second kappa shape index (κ2) is 5.18. The first kappa shape index (κ1) is 12.6. The fourth-order valence-electron chi connectivity index (χ4n) is 1.77. The molecule has 1 heterocycles. The molecule has 1 aromatic rings. The number of imide groups is 1. The van der Waals surface area contributed by atoms with Crippen molar-refractivity contribution in [2.45, 2.75) is 26.5 Å². The highest BCUT2D eigenvalue weighted by atomic mass is 16.7. The van der Waals surface area contributed by atoms with Crippen LogP contribution in [0.5, 0.6) is 0 Å². The minimum atomic E-state index is -0.492. The van der Waals surface area contributed by atoms with E-state index < -0.39 is 12.1 Å². The van der Waals surface area contributed by atoms with Crippen LogP contribution in [-0.4, -0.2) is 23.0 Å². The lowest BCUT2D eigenvalue weighted by molar-refractivity contribution is -0.167. The van der Waals surface area contributed by atoms with E-state index in [1.54, 1.807) is 0 Å². The molecule has 0 radical (unpaired) electrons. The van der Waals surface area contributed by atoms with Crippen molar-refractivity contribution >= 4 is 11.9 Å². The Morgan fingerprint density at radius 3 is 2.50 bits per heavy atom. The van der Waals surface area contributed by atoms with Gasteiger partial charge < -0.3 is 5.32 Å². The van der Waals surface area contributed by atoms with Crippen molar-refractivity contribution < 1.29 is 14.4 Å². The molecule has 0 spiro atoms. The molecule has 5 heteroatoms. The summed E-state index contributed by atoms with van der Waals surface area (Å²) >= 11 is 0. The summed E-state index contributed by atoms with van der Waals surface area (Å²) in [5.74, 6) is -0.280. The Morgan fingerprint density at radius 1 is 1.28 bits per heavy atom. The highest BCUT2D eigenvalue weighted by Crippen LogP contribution is 2.15. The van der Waals surface area contributed by atoms with Crippen molar-refractivity contribution in [3.05, 3.63) is 35.9 Å². The third-order valence-electron chi connectivity index (χ3n) is 2.80. The van der Waals surface area contributed by atoms with Gasteiger partial charge in [0, 0.05) is 0 Å². The van der Waals surface area contributed by atoms with E-state index in [4.69, 9.17) is 4.84 Å². The summed E-state index contributed by atoms with van der Waals surface area (Å²) in [5, 5.41) is 3.42. The molecular weight excluding hydrogens is 232 g/mol. The van der Waals surface area contributed by atoms with Gasteiger partial charge in [0.25, 0.3) is 5.91 Å². The number of carbonyl (C=O) groups is 2. The number of hydrogen-bond acceptors (Lipinski definition) is 3. The van der Waals surface area contributed by atoms with Gasteiger partial charge in [0.2, 0.25) is 0 Å². The molecule has 0 saturated carbocycles. The Hall–Kier alpha value is -1.88. The Labute approximate surface area is 106 Å². The largest absolute Gasteiger partial charge is 0.349 e. The minimum Gasteiger partial charge on any atom is -0.324 e. The highest BCUT2D eigenvalue weighted by Gasteiger charge is 2.40. The quantitative estimate of drug-likeness (QED) is 0.825. The summed E-state index contributed by atoms with van der Waals surface area (Å²) < 4.78 is 0.